The van der Waals surface area contributed by atoms with Crippen molar-refractivity contribution in [1.29, 1.82) is 0 Å². The third-order valence-corrected chi connectivity index (χ3v) is 2.33. The first-order valence-electron chi connectivity index (χ1n) is 6.01. The molecule has 1 heterocycles. The van der Waals surface area contributed by atoms with Crippen LogP contribution in [0, 0.1) is 0 Å². The van der Waals surface area contributed by atoms with Gasteiger partial charge in [0.2, 0.25) is 0 Å². The summed E-state index contributed by atoms with van der Waals surface area (Å²) in [7, 11) is 0. The van der Waals surface area contributed by atoms with Crippen LogP contribution < -0.4 is 16.3 Å². The number of para-hydroxylation sites is 1. The number of ether oxygens (including phenoxy) is 1. The van der Waals surface area contributed by atoms with Crippen LogP contribution in [0.1, 0.15) is 6.92 Å². The van der Waals surface area contributed by atoms with Crippen molar-refractivity contribution in [3.8, 4) is 0 Å². The summed E-state index contributed by atoms with van der Waals surface area (Å²) in [6.07, 6.45) is -0.492. The third-order valence-electron chi connectivity index (χ3n) is 2.33. The molecule has 0 fully saturated rings. The minimum atomic E-state index is -0.492. The lowest BCUT2D eigenvalue weighted by atomic mass is 10.3. The summed E-state index contributed by atoms with van der Waals surface area (Å²) < 4.78 is 4.69. The molecule has 0 aliphatic heterocycles. The minimum absolute atomic E-state index is 0.344. The summed E-state index contributed by atoms with van der Waals surface area (Å²) in [6, 6.07) is 7.64. The first kappa shape index (κ1) is 13.1. The van der Waals surface area contributed by atoms with E-state index in [2.05, 4.69) is 26.6 Å². The van der Waals surface area contributed by atoms with E-state index in [4.69, 9.17) is 4.74 Å². The van der Waals surface area contributed by atoms with Crippen LogP contribution >= 0.6 is 0 Å². The third kappa shape index (κ3) is 3.55. The number of benzene rings is 1. The van der Waals surface area contributed by atoms with E-state index >= 15 is 0 Å². The second-order valence-corrected chi connectivity index (χ2v) is 3.67. The van der Waals surface area contributed by atoms with Crippen LogP contribution in [-0.2, 0) is 4.74 Å². The maximum Gasteiger partial charge on any atom is 0.421 e. The molecule has 0 aliphatic carbocycles. The first-order chi connectivity index (χ1) is 9.31. The smallest absolute Gasteiger partial charge is 0.421 e. The number of carbonyl (C=O) groups is 1. The lowest BCUT2D eigenvalue weighted by Gasteiger charge is -2.08. The SMILES string of the molecule is CCOC(=O)NNCCNn1nnc2ccccc21. The van der Waals surface area contributed by atoms with Gasteiger partial charge in [-0.2, -0.15) is 4.79 Å². The molecule has 1 aromatic heterocycles. The molecule has 0 radical (unpaired) electrons. The van der Waals surface area contributed by atoms with Gasteiger partial charge in [-0.1, -0.05) is 12.1 Å². The summed E-state index contributed by atoms with van der Waals surface area (Å²) in [5.41, 5.74) is 9.93. The number of rotatable bonds is 6. The van der Waals surface area contributed by atoms with Crippen molar-refractivity contribution in [3.05, 3.63) is 24.3 Å². The molecule has 2 rings (SSSR count). The van der Waals surface area contributed by atoms with Gasteiger partial charge < -0.3 is 10.2 Å². The highest BCUT2D eigenvalue weighted by Crippen LogP contribution is 2.07. The second kappa shape index (κ2) is 6.55. The van der Waals surface area contributed by atoms with Crippen LogP contribution in [0.2, 0.25) is 0 Å². The van der Waals surface area contributed by atoms with Crippen LogP contribution in [-0.4, -0.2) is 40.9 Å². The van der Waals surface area contributed by atoms with Crippen molar-refractivity contribution in [2.75, 3.05) is 25.1 Å². The Morgan fingerprint density at radius 3 is 3.05 bits per heavy atom. The van der Waals surface area contributed by atoms with E-state index in [1.54, 1.807) is 11.7 Å². The molecule has 0 saturated carbocycles. The van der Waals surface area contributed by atoms with Crippen molar-refractivity contribution in [2.45, 2.75) is 6.92 Å². The Morgan fingerprint density at radius 2 is 2.21 bits per heavy atom. The molecular weight excluding hydrogens is 248 g/mol. The summed E-state index contributed by atoms with van der Waals surface area (Å²) in [5.74, 6) is 0. The molecule has 3 N–H and O–H groups in total. The maximum absolute atomic E-state index is 11.0. The lowest BCUT2D eigenvalue weighted by molar-refractivity contribution is 0.147. The van der Waals surface area contributed by atoms with Gasteiger partial charge in [0, 0.05) is 13.1 Å². The largest absolute Gasteiger partial charge is 0.449 e. The highest BCUT2D eigenvalue weighted by Gasteiger charge is 2.02. The van der Waals surface area contributed by atoms with E-state index in [0.717, 1.165) is 11.0 Å². The van der Waals surface area contributed by atoms with E-state index in [0.29, 0.717) is 19.7 Å². The highest BCUT2D eigenvalue weighted by atomic mass is 16.5. The number of carbonyl (C=O) groups excluding carboxylic acids is 1. The van der Waals surface area contributed by atoms with Crippen LogP contribution in [0.5, 0.6) is 0 Å². The van der Waals surface area contributed by atoms with E-state index in [-0.39, 0.29) is 0 Å². The van der Waals surface area contributed by atoms with Crippen molar-refractivity contribution >= 4 is 17.1 Å². The summed E-state index contributed by atoms with van der Waals surface area (Å²) in [6.45, 7) is 3.18. The average molecular weight is 264 g/mol. The number of aromatic nitrogens is 3. The van der Waals surface area contributed by atoms with Gasteiger partial charge >= 0.3 is 6.09 Å². The molecule has 8 heteroatoms. The predicted molar refractivity (Wildman–Crippen MR) is 69.9 cm³/mol. The molecule has 1 amide bonds. The fourth-order valence-electron chi connectivity index (χ4n) is 1.51. The van der Waals surface area contributed by atoms with Gasteiger partial charge in [-0.25, -0.2) is 10.2 Å². The fourth-order valence-corrected chi connectivity index (χ4v) is 1.51. The standard InChI is InChI=1S/C11H16N6O2/c1-2-19-11(18)15-12-7-8-13-17-10-6-4-3-5-9(10)14-16-17/h3-6,12-13H,2,7-8H2,1H3,(H,15,18). The number of hydrogen-bond acceptors (Lipinski definition) is 6. The van der Waals surface area contributed by atoms with Gasteiger partial charge in [0.1, 0.15) is 11.0 Å². The summed E-state index contributed by atoms with van der Waals surface area (Å²) in [4.78, 5) is 12.6. The second-order valence-electron chi connectivity index (χ2n) is 3.67. The van der Waals surface area contributed by atoms with Crippen molar-refractivity contribution in [2.24, 2.45) is 0 Å². The zero-order chi connectivity index (χ0) is 13.5. The summed E-state index contributed by atoms with van der Waals surface area (Å²) >= 11 is 0. The molecule has 2 aromatic rings. The maximum atomic E-state index is 11.0. The van der Waals surface area contributed by atoms with E-state index < -0.39 is 6.09 Å². The zero-order valence-corrected chi connectivity index (χ0v) is 10.6. The Labute approximate surface area is 110 Å². The van der Waals surface area contributed by atoms with Gasteiger partial charge in [-0.3, -0.25) is 5.43 Å². The van der Waals surface area contributed by atoms with Crippen molar-refractivity contribution in [1.82, 2.24) is 26.0 Å². The minimum Gasteiger partial charge on any atom is -0.449 e. The van der Waals surface area contributed by atoms with Crippen molar-refractivity contribution < 1.29 is 9.53 Å². The van der Waals surface area contributed by atoms with Gasteiger partial charge in [0.15, 0.2) is 0 Å². The molecule has 19 heavy (non-hydrogen) atoms. The normalized spacial score (nSPS) is 10.4. The molecule has 0 spiro atoms. The molecule has 0 saturated heterocycles. The topological polar surface area (TPSA) is 93.1 Å². The van der Waals surface area contributed by atoms with Crippen LogP contribution in [0.3, 0.4) is 0 Å². The van der Waals surface area contributed by atoms with E-state index in [9.17, 15) is 4.79 Å². The molecule has 1 aromatic carbocycles. The van der Waals surface area contributed by atoms with Crippen LogP contribution in [0.15, 0.2) is 24.3 Å². The van der Waals surface area contributed by atoms with Crippen LogP contribution in [0.4, 0.5) is 4.79 Å². The highest BCUT2D eigenvalue weighted by molar-refractivity contribution is 5.74. The van der Waals surface area contributed by atoms with Crippen molar-refractivity contribution in [3.63, 3.8) is 0 Å². The Bertz CT molecular complexity index is 541. The number of nitrogens with one attached hydrogen (secondary N) is 3. The average Bonchev–Trinajstić information content (AvgIpc) is 2.82. The van der Waals surface area contributed by atoms with Gasteiger partial charge in [-0.05, 0) is 24.3 Å². The molecular formula is C11H16N6O2. The van der Waals surface area contributed by atoms with Gasteiger partial charge in [0.05, 0.1) is 6.61 Å². The van der Waals surface area contributed by atoms with Crippen LogP contribution in [0.25, 0.3) is 11.0 Å². The molecule has 0 aliphatic rings. The number of hydrazine groups is 1. The number of nitrogens with zero attached hydrogens (tertiary/aromatic N) is 3. The monoisotopic (exact) mass is 264 g/mol. The molecule has 0 unspecified atom stereocenters. The molecule has 0 atom stereocenters. The zero-order valence-electron chi connectivity index (χ0n) is 10.6. The Balaban J connectivity index is 1.73. The van der Waals surface area contributed by atoms with E-state index in [1.165, 1.54) is 0 Å². The summed E-state index contributed by atoms with van der Waals surface area (Å²) in [5, 5.41) is 7.98. The number of hydrogen-bond donors (Lipinski definition) is 3. The van der Waals surface area contributed by atoms with Gasteiger partial charge in [-0.15, -0.1) is 5.10 Å². The first-order valence-corrected chi connectivity index (χ1v) is 6.01. The molecule has 102 valence electrons. The quantitative estimate of drug-likeness (QED) is 0.511. The molecule has 0 bridgehead atoms. The molecule has 8 nitrogen and oxygen atoms in total. The van der Waals surface area contributed by atoms with E-state index in [1.807, 2.05) is 24.3 Å². The van der Waals surface area contributed by atoms with Gasteiger partial charge in [0.25, 0.3) is 0 Å². The Morgan fingerprint density at radius 1 is 1.37 bits per heavy atom. The lowest BCUT2D eigenvalue weighted by Crippen LogP contribution is -2.41. The number of fused-ring (bicyclic) bond motifs is 1. The Kier molecular flexibility index (Phi) is 4.51. The Hall–Kier alpha value is -2.35. The number of amides is 1. The predicted octanol–water partition coefficient (Wildman–Crippen LogP) is 0.226. The fraction of sp³-hybridized carbons (Fsp3) is 0.364.